The van der Waals surface area contributed by atoms with E-state index in [0.717, 1.165) is 24.8 Å². The number of aromatic nitrogens is 2. The fraction of sp³-hybridized carbons (Fsp3) is 0.474. The van der Waals surface area contributed by atoms with Crippen molar-refractivity contribution in [2.45, 2.75) is 57.5 Å². The zero-order valence-electron chi connectivity index (χ0n) is 14.8. The molecule has 0 saturated carbocycles. The van der Waals surface area contributed by atoms with Gasteiger partial charge < -0.3 is 9.84 Å². The number of hydrogen-bond acceptors (Lipinski definition) is 5. The lowest BCUT2D eigenvalue weighted by Gasteiger charge is -2.32. The average Bonchev–Trinajstić information content (AvgIpc) is 3.19. The molecule has 1 unspecified atom stereocenters. The molecule has 4 rings (SSSR count). The monoisotopic (exact) mass is 354 g/mol. The summed E-state index contributed by atoms with van der Waals surface area (Å²) in [5.74, 6) is 0.722. The first kappa shape index (κ1) is 16.8. The van der Waals surface area contributed by atoms with Gasteiger partial charge in [-0.1, -0.05) is 42.8 Å². The molecule has 136 valence electrons. The van der Waals surface area contributed by atoms with Crippen LogP contribution >= 0.6 is 0 Å². The Labute approximate surface area is 151 Å². The highest BCUT2D eigenvalue weighted by Crippen LogP contribution is 2.34. The number of urea groups is 1. The van der Waals surface area contributed by atoms with Crippen molar-refractivity contribution in [2.75, 3.05) is 0 Å². The molecule has 1 fully saturated rings. The molecule has 0 bridgehead atoms. The summed E-state index contributed by atoms with van der Waals surface area (Å²) in [6.07, 6.45) is 4.63. The van der Waals surface area contributed by atoms with Crippen molar-refractivity contribution in [3.05, 3.63) is 47.1 Å². The van der Waals surface area contributed by atoms with E-state index in [4.69, 9.17) is 4.52 Å². The van der Waals surface area contributed by atoms with Gasteiger partial charge >= 0.3 is 6.03 Å². The number of amides is 3. The SMILES string of the molecule is CCCCc1nc(CN2C(=O)NC3(CCc4ccccc4C3)C2=O)no1. The van der Waals surface area contributed by atoms with Gasteiger partial charge in [0.2, 0.25) is 5.89 Å². The van der Waals surface area contributed by atoms with Crippen molar-refractivity contribution in [1.29, 1.82) is 0 Å². The molecule has 1 N–H and O–H groups in total. The number of benzene rings is 1. The van der Waals surface area contributed by atoms with E-state index in [1.165, 1.54) is 10.5 Å². The van der Waals surface area contributed by atoms with Crippen LogP contribution in [-0.4, -0.2) is 32.5 Å². The third kappa shape index (κ3) is 2.87. The lowest BCUT2D eigenvalue weighted by Crippen LogP contribution is -2.51. The molecule has 0 radical (unpaired) electrons. The Bertz CT molecular complexity index is 847. The van der Waals surface area contributed by atoms with Crippen molar-refractivity contribution in [3.8, 4) is 0 Å². The minimum Gasteiger partial charge on any atom is -0.339 e. The van der Waals surface area contributed by atoms with E-state index in [1.54, 1.807) is 0 Å². The number of aryl methyl sites for hydroxylation is 2. The Morgan fingerprint density at radius 3 is 2.88 bits per heavy atom. The van der Waals surface area contributed by atoms with Crippen LogP contribution in [0.4, 0.5) is 4.79 Å². The van der Waals surface area contributed by atoms with Crippen molar-refractivity contribution < 1.29 is 14.1 Å². The number of imide groups is 1. The van der Waals surface area contributed by atoms with E-state index in [2.05, 4.69) is 28.4 Å². The smallest absolute Gasteiger partial charge is 0.325 e. The summed E-state index contributed by atoms with van der Waals surface area (Å²) >= 11 is 0. The molecule has 1 saturated heterocycles. The number of fused-ring (bicyclic) bond motifs is 1. The van der Waals surface area contributed by atoms with Crippen LogP contribution in [0.3, 0.4) is 0 Å². The quantitative estimate of drug-likeness (QED) is 0.833. The molecule has 1 aromatic heterocycles. The molecule has 1 aliphatic heterocycles. The fourth-order valence-electron chi connectivity index (χ4n) is 3.77. The summed E-state index contributed by atoms with van der Waals surface area (Å²) < 4.78 is 5.20. The molecule has 26 heavy (non-hydrogen) atoms. The van der Waals surface area contributed by atoms with Gasteiger partial charge in [-0.2, -0.15) is 4.98 Å². The molecule has 2 heterocycles. The van der Waals surface area contributed by atoms with Crippen LogP contribution < -0.4 is 5.32 Å². The van der Waals surface area contributed by atoms with Gasteiger partial charge in [0.05, 0.1) is 6.54 Å². The van der Waals surface area contributed by atoms with Crippen LogP contribution in [0.5, 0.6) is 0 Å². The molecule has 1 atom stereocenters. The number of carbonyl (C=O) groups is 2. The number of nitrogens with zero attached hydrogens (tertiary/aromatic N) is 3. The van der Waals surface area contributed by atoms with E-state index in [-0.39, 0.29) is 18.5 Å². The molecule has 2 aliphatic rings. The first-order chi connectivity index (χ1) is 12.6. The van der Waals surface area contributed by atoms with Crippen molar-refractivity contribution in [3.63, 3.8) is 0 Å². The van der Waals surface area contributed by atoms with Gasteiger partial charge in [0.15, 0.2) is 5.82 Å². The largest absolute Gasteiger partial charge is 0.339 e. The standard InChI is InChI=1S/C19H22N4O3/c1-2-3-8-16-20-15(22-26-16)12-23-17(24)19(21-18(23)25)10-9-13-6-4-5-7-14(13)11-19/h4-7H,2-3,8-12H2,1H3,(H,21,25). The number of carbonyl (C=O) groups excluding carboxylic acids is 2. The molecule has 1 aliphatic carbocycles. The summed E-state index contributed by atoms with van der Waals surface area (Å²) in [6, 6.07) is 7.70. The van der Waals surface area contributed by atoms with Crippen molar-refractivity contribution in [2.24, 2.45) is 0 Å². The van der Waals surface area contributed by atoms with Gasteiger partial charge in [-0.25, -0.2) is 4.79 Å². The number of nitrogens with one attached hydrogen (secondary N) is 1. The van der Waals surface area contributed by atoms with E-state index < -0.39 is 5.54 Å². The zero-order valence-corrected chi connectivity index (χ0v) is 14.8. The predicted molar refractivity (Wildman–Crippen MR) is 93.2 cm³/mol. The third-order valence-corrected chi connectivity index (χ3v) is 5.23. The van der Waals surface area contributed by atoms with Crippen molar-refractivity contribution in [1.82, 2.24) is 20.4 Å². The molecular weight excluding hydrogens is 332 g/mol. The van der Waals surface area contributed by atoms with Gasteiger partial charge in [-0.3, -0.25) is 9.69 Å². The molecule has 7 heteroatoms. The highest BCUT2D eigenvalue weighted by Gasteiger charge is 2.52. The first-order valence-corrected chi connectivity index (χ1v) is 9.13. The fourth-order valence-corrected chi connectivity index (χ4v) is 3.77. The van der Waals surface area contributed by atoms with Crippen molar-refractivity contribution >= 4 is 11.9 Å². The van der Waals surface area contributed by atoms with E-state index in [1.807, 2.05) is 18.2 Å². The maximum Gasteiger partial charge on any atom is 0.325 e. The highest BCUT2D eigenvalue weighted by molar-refractivity contribution is 6.07. The Morgan fingerprint density at radius 2 is 2.08 bits per heavy atom. The van der Waals surface area contributed by atoms with Crippen LogP contribution in [0.1, 0.15) is 49.0 Å². The number of hydrogen-bond donors (Lipinski definition) is 1. The minimum absolute atomic E-state index is 0.0453. The summed E-state index contributed by atoms with van der Waals surface area (Å²) in [5, 5.41) is 6.83. The maximum atomic E-state index is 13.0. The van der Waals surface area contributed by atoms with E-state index >= 15 is 0 Å². The highest BCUT2D eigenvalue weighted by atomic mass is 16.5. The lowest BCUT2D eigenvalue weighted by atomic mass is 9.78. The second-order valence-corrected chi connectivity index (χ2v) is 7.06. The second-order valence-electron chi connectivity index (χ2n) is 7.06. The van der Waals surface area contributed by atoms with Crippen LogP contribution in [0.2, 0.25) is 0 Å². The van der Waals surface area contributed by atoms with E-state index in [0.29, 0.717) is 31.0 Å². The topological polar surface area (TPSA) is 88.3 Å². The molecule has 3 amide bonds. The molecule has 2 aromatic rings. The third-order valence-electron chi connectivity index (χ3n) is 5.23. The Hall–Kier alpha value is -2.70. The van der Waals surface area contributed by atoms with Gasteiger partial charge in [0.1, 0.15) is 5.54 Å². The summed E-state index contributed by atoms with van der Waals surface area (Å²) in [5.41, 5.74) is 1.52. The van der Waals surface area contributed by atoms with Crippen LogP contribution in [-0.2, 0) is 30.6 Å². The van der Waals surface area contributed by atoms with Gasteiger partial charge in [0.25, 0.3) is 5.91 Å². The van der Waals surface area contributed by atoms with Gasteiger partial charge in [-0.15, -0.1) is 0 Å². The number of unbranched alkanes of at least 4 members (excludes halogenated alkanes) is 1. The number of rotatable bonds is 5. The molecule has 1 spiro atoms. The van der Waals surface area contributed by atoms with Crippen LogP contribution in [0.15, 0.2) is 28.8 Å². The molecular formula is C19H22N4O3. The summed E-state index contributed by atoms with van der Waals surface area (Å²) in [6.45, 7) is 2.13. The van der Waals surface area contributed by atoms with Gasteiger partial charge in [0, 0.05) is 12.8 Å². The summed E-state index contributed by atoms with van der Waals surface area (Å²) in [4.78, 5) is 31.0. The predicted octanol–water partition coefficient (Wildman–Crippen LogP) is 2.39. The summed E-state index contributed by atoms with van der Waals surface area (Å²) in [7, 11) is 0. The van der Waals surface area contributed by atoms with Crippen LogP contribution in [0, 0.1) is 0 Å². The molecule has 1 aromatic carbocycles. The van der Waals surface area contributed by atoms with Crippen LogP contribution in [0.25, 0.3) is 0 Å². The molecule has 7 nitrogen and oxygen atoms in total. The van der Waals surface area contributed by atoms with Gasteiger partial charge in [-0.05, 0) is 30.4 Å². The maximum absolute atomic E-state index is 13.0. The lowest BCUT2D eigenvalue weighted by molar-refractivity contribution is -0.132. The first-order valence-electron chi connectivity index (χ1n) is 9.13. The average molecular weight is 354 g/mol. The Kier molecular flexibility index (Phi) is 4.22. The zero-order chi connectivity index (χ0) is 18.1. The second kappa shape index (κ2) is 6.55. The Balaban J connectivity index is 1.50. The normalized spacial score (nSPS) is 22.0. The Morgan fingerprint density at radius 1 is 1.27 bits per heavy atom. The van der Waals surface area contributed by atoms with E-state index in [9.17, 15) is 9.59 Å². The minimum atomic E-state index is -0.847.